The van der Waals surface area contributed by atoms with E-state index in [-0.39, 0.29) is 0 Å². The number of benzene rings is 1. The second-order valence-corrected chi connectivity index (χ2v) is 4.55. The first-order valence-corrected chi connectivity index (χ1v) is 6.17. The Kier molecular flexibility index (Phi) is 2.83. The average molecular weight is 256 g/mol. The number of nitrogen functional groups attached to an aromatic ring is 1. The number of aryl methyl sites for hydroxylation is 1. The van der Waals surface area contributed by atoms with Crippen LogP contribution in [0.25, 0.3) is 10.9 Å². The van der Waals surface area contributed by atoms with E-state index in [1.807, 2.05) is 31.4 Å². The van der Waals surface area contributed by atoms with Crippen LogP contribution >= 0.6 is 0 Å². The number of aromatic nitrogens is 4. The van der Waals surface area contributed by atoms with Crippen LogP contribution in [0.15, 0.2) is 30.6 Å². The molecule has 6 heteroatoms. The SMILES string of the molecule is Cn1ccc(CCNc2cc3[nH]ncc3cc2N)n1. The van der Waals surface area contributed by atoms with Crippen molar-refractivity contribution in [2.24, 2.45) is 7.05 Å². The van der Waals surface area contributed by atoms with Crippen molar-refractivity contribution in [3.63, 3.8) is 0 Å². The Morgan fingerprint density at radius 1 is 1.42 bits per heavy atom. The Hall–Kier alpha value is -2.50. The van der Waals surface area contributed by atoms with Crippen LogP contribution in [-0.4, -0.2) is 26.5 Å². The molecule has 0 amide bonds. The van der Waals surface area contributed by atoms with Gasteiger partial charge in [-0.3, -0.25) is 9.78 Å². The smallest absolute Gasteiger partial charge is 0.0672 e. The van der Waals surface area contributed by atoms with Crippen LogP contribution in [0.2, 0.25) is 0 Å². The molecule has 0 saturated carbocycles. The lowest BCUT2D eigenvalue weighted by molar-refractivity contribution is 0.742. The summed E-state index contributed by atoms with van der Waals surface area (Å²) >= 11 is 0. The molecule has 19 heavy (non-hydrogen) atoms. The number of hydrogen-bond acceptors (Lipinski definition) is 4. The monoisotopic (exact) mass is 256 g/mol. The highest BCUT2D eigenvalue weighted by molar-refractivity contribution is 5.88. The van der Waals surface area contributed by atoms with Crippen molar-refractivity contribution in [1.82, 2.24) is 20.0 Å². The molecule has 0 radical (unpaired) electrons. The minimum absolute atomic E-state index is 0.731. The zero-order chi connectivity index (χ0) is 13.2. The fourth-order valence-electron chi connectivity index (χ4n) is 2.08. The highest BCUT2D eigenvalue weighted by Crippen LogP contribution is 2.24. The molecule has 3 aromatic rings. The summed E-state index contributed by atoms with van der Waals surface area (Å²) < 4.78 is 1.81. The zero-order valence-electron chi connectivity index (χ0n) is 10.7. The predicted molar refractivity (Wildman–Crippen MR) is 75.9 cm³/mol. The Labute approximate surface area is 110 Å². The van der Waals surface area contributed by atoms with Crippen LogP contribution in [-0.2, 0) is 13.5 Å². The maximum atomic E-state index is 6.01. The van der Waals surface area contributed by atoms with Crippen molar-refractivity contribution < 1.29 is 0 Å². The molecule has 0 unspecified atom stereocenters. The van der Waals surface area contributed by atoms with Crippen LogP contribution < -0.4 is 11.1 Å². The molecule has 0 fully saturated rings. The van der Waals surface area contributed by atoms with Gasteiger partial charge in [0.25, 0.3) is 0 Å². The molecule has 1 aromatic carbocycles. The number of anilines is 2. The van der Waals surface area contributed by atoms with Crippen molar-refractivity contribution in [1.29, 1.82) is 0 Å². The first-order chi connectivity index (χ1) is 9.22. The summed E-state index contributed by atoms with van der Waals surface area (Å²) in [5.41, 5.74) is 9.71. The van der Waals surface area contributed by atoms with Gasteiger partial charge in [-0.25, -0.2) is 0 Å². The molecule has 0 aliphatic rings. The second-order valence-electron chi connectivity index (χ2n) is 4.55. The molecule has 98 valence electrons. The molecule has 0 aliphatic heterocycles. The lowest BCUT2D eigenvalue weighted by Gasteiger charge is -2.08. The summed E-state index contributed by atoms with van der Waals surface area (Å²) in [5, 5.41) is 15.6. The molecule has 2 aromatic heterocycles. The molecular formula is C13H16N6. The van der Waals surface area contributed by atoms with Crippen molar-refractivity contribution >= 4 is 22.3 Å². The molecule has 0 saturated heterocycles. The van der Waals surface area contributed by atoms with Gasteiger partial charge in [-0.1, -0.05) is 0 Å². The Bertz CT molecular complexity index is 696. The Morgan fingerprint density at radius 2 is 2.32 bits per heavy atom. The third-order valence-electron chi connectivity index (χ3n) is 3.08. The lowest BCUT2D eigenvalue weighted by atomic mass is 10.2. The van der Waals surface area contributed by atoms with E-state index in [0.717, 1.165) is 40.9 Å². The molecule has 2 heterocycles. The number of aromatic amines is 1. The van der Waals surface area contributed by atoms with E-state index in [4.69, 9.17) is 5.73 Å². The highest BCUT2D eigenvalue weighted by Gasteiger charge is 2.04. The van der Waals surface area contributed by atoms with Crippen LogP contribution in [0.1, 0.15) is 5.69 Å². The van der Waals surface area contributed by atoms with Gasteiger partial charge < -0.3 is 11.1 Å². The fraction of sp³-hybridized carbons (Fsp3) is 0.231. The molecule has 0 spiro atoms. The van der Waals surface area contributed by atoms with Gasteiger partial charge in [0.05, 0.1) is 28.8 Å². The summed E-state index contributed by atoms with van der Waals surface area (Å²) in [6, 6.07) is 5.92. The van der Waals surface area contributed by atoms with E-state index in [2.05, 4.69) is 20.6 Å². The number of nitrogens with two attached hydrogens (primary N) is 1. The highest BCUT2D eigenvalue weighted by atomic mass is 15.2. The molecule has 4 N–H and O–H groups in total. The Balaban J connectivity index is 1.69. The molecular weight excluding hydrogens is 240 g/mol. The van der Waals surface area contributed by atoms with Gasteiger partial charge in [0.1, 0.15) is 0 Å². The molecule has 0 atom stereocenters. The van der Waals surface area contributed by atoms with E-state index in [0.29, 0.717) is 0 Å². The minimum Gasteiger partial charge on any atom is -0.397 e. The number of H-pyrrole nitrogens is 1. The topological polar surface area (TPSA) is 84.5 Å². The Morgan fingerprint density at radius 3 is 3.11 bits per heavy atom. The predicted octanol–water partition coefficient (Wildman–Crippen LogP) is 1.53. The first-order valence-electron chi connectivity index (χ1n) is 6.17. The van der Waals surface area contributed by atoms with E-state index in [1.54, 1.807) is 10.9 Å². The largest absolute Gasteiger partial charge is 0.397 e. The lowest BCUT2D eigenvalue weighted by Crippen LogP contribution is -2.07. The summed E-state index contributed by atoms with van der Waals surface area (Å²) in [4.78, 5) is 0. The number of rotatable bonds is 4. The van der Waals surface area contributed by atoms with Crippen LogP contribution in [0.5, 0.6) is 0 Å². The molecule has 3 rings (SSSR count). The van der Waals surface area contributed by atoms with E-state index in [9.17, 15) is 0 Å². The second kappa shape index (κ2) is 4.64. The maximum absolute atomic E-state index is 6.01. The third kappa shape index (κ3) is 2.37. The molecule has 0 bridgehead atoms. The first kappa shape index (κ1) is 11.6. The summed E-state index contributed by atoms with van der Waals surface area (Å²) in [6.07, 6.45) is 4.57. The quantitative estimate of drug-likeness (QED) is 0.618. The van der Waals surface area contributed by atoms with Gasteiger partial charge in [0, 0.05) is 31.6 Å². The van der Waals surface area contributed by atoms with Gasteiger partial charge in [-0.2, -0.15) is 10.2 Å². The number of nitrogens with zero attached hydrogens (tertiary/aromatic N) is 3. The van der Waals surface area contributed by atoms with E-state index >= 15 is 0 Å². The van der Waals surface area contributed by atoms with Gasteiger partial charge in [-0.05, 0) is 18.2 Å². The maximum Gasteiger partial charge on any atom is 0.0672 e. The standard InChI is InChI=1S/C13H16N6/c1-19-5-3-10(18-19)2-4-15-13-7-12-9(6-11(13)14)8-16-17-12/h3,5-8,15H,2,4,14H2,1H3,(H,16,17). The summed E-state index contributed by atoms with van der Waals surface area (Å²) in [5.74, 6) is 0. The van der Waals surface area contributed by atoms with Crippen molar-refractivity contribution in [2.45, 2.75) is 6.42 Å². The van der Waals surface area contributed by atoms with Gasteiger partial charge in [0.2, 0.25) is 0 Å². The van der Waals surface area contributed by atoms with Crippen molar-refractivity contribution in [3.8, 4) is 0 Å². The minimum atomic E-state index is 0.731. The third-order valence-corrected chi connectivity index (χ3v) is 3.08. The summed E-state index contributed by atoms with van der Waals surface area (Å²) in [6.45, 7) is 0.793. The van der Waals surface area contributed by atoms with Crippen LogP contribution in [0.4, 0.5) is 11.4 Å². The van der Waals surface area contributed by atoms with Gasteiger partial charge in [0.15, 0.2) is 0 Å². The average Bonchev–Trinajstić information content (AvgIpc) is 2.98. The normalized spacial score (nSPS) is 11.0. The van der Waals surface area contributed by atoms with Gasteiger partial charge in [-0.15, -0.1) is 0 Å². The van der Waals surface area contributed by atoms with Crippen molar-refractivity contribution in [2.75, 3.05) is 17.6 Å². The van der Waals surface area contributed by atoms with Crippen LogP contribution in [0, 0.1) is 0 Å². The molecule has 0 aliphatic carbocycles. The number of hydrogen-bond donors (Lipinski definition) is 3. The number of fused-ring (bicyclic) bond motifs is 1. The van der Waals surface area contributed by atoms with E-state index in [1.165, 1.54) is 0 Å². The fourth-order valence-corrected chi connectivity index (χ4v) is 2.08. The molecule has 6 nitrogen and oxygen atoms in total. The van der Waals surface area contributed by atoms with E-state index < -0.39 is 0 Å². The van der Waals surface area contributed by atoms with Gasteiger partial charge >= 0.3 is 0 Å². The number of nitrogens with one attached hydrogen (secondary N) is 2. The van der Waals surface area contributed by atoms with Crippen molar-refractivity contribution in [3.05, 3.63) is 36.3 Å². The van der Waals surface area contributed by atoms with Crippen LogP contribution in [0.3, 0.4) is 0 Å². The summed E-state index contributed by atoms with van der Waals surface area (Å²) in [7, 11) is 1.92. The zero-order valence-corrected chi connectivity index (χ0v) is 10.7.